The van der Waals surface area contributed by atoms with Gasteiger partial charge in [0.1, 0.15) is 0 Å². The highest BCUT2D eigenvalue weighted by molar-refractivity contribution is 9.10. The highest BCUT2D eigenvalue weighted by atomic mass is 79.9. The quantitative estimate of drug-likeness (QED) is 0.667. The zero-order valence-electron chi connectivity index (χ0n) is 13.2. The van der Waals surface area contributed by atoms with Crippen LogP contribution in [0.25, 0.3) is 6.08 Å². The molecule has 0 aliphatic carbocycles. The van der Waals surface area contributed by atoms with Gasteiger partial charge in [-0.15, -0.1) is 0 Å². The van der Waals surface area contributed by atoms with Gasteiger partial charge in [0, 0.05) is 11.0 Å². The second kappa shape index (κ2) is 7.88. The van der Waals surface area contributed by atoms with E-state index < -0.39 is 0 Å². The van der Waals surface area contributed by atoms with Gasteiger partial charge >= 0.3 is 0 Å². The molecule has 2 amide bonds. The van der Waals surface area contributed by atoms with Crippen LogP contribution in [0.2, 0.25) is 0 Å². The fourth-order valence-electron chi connectivity index (χ4n) is 2.13. The second-order valence-electron chi connectivity index (χ2n) is 4.92. The third-order valence-electron chi connectivity index (χ3n) is 3.40. The highest BCUT2D eigenvalue weighted by Gasteiger charge is 2.34. The van der Waals surface area contributed by atoms with Gasteiger partial charge in [0.05, 0.1) is 19.1 Å². The van der Waals surface area contributed by atoms with Crippen molar-refractivity contribution in [1.29, 1.82) is 0 Å². The van der Waals surface area contributed by atoms with Gasteiger partial charge in [0.25, 0.3) is 11.1 Å². The number of carbonyl (C=O) groups is 2. The summed E-state index contributed by atoms with van der Waals surface area (Å²) in [5.41, 5.74) is 0.753. The number of thioether (sulfide) groups is 1. The Hall–Kier alpha value is -1.47. The monoisotopic (exact) mass is 399 g/mol. The molecule has 0 unspecified atom stereocenters. The predicted octanol–water partition coefficient (Wildman–Crippen LogP) is 4.30. The number of ether oxygens (including phenoxy) is 2. The molecule has 0 aromatic heterocycles. The van der Waals surface area contributed by atoms with Gasteiger partial charge in [0.2, 0.25) is 0 Å². The van der Waals surface area contributed by atoms with Crippen molar-refractivity contribution in [3.8, 4) is 11.5 Å². The van der Waals surface area contributed by atoms with Crippen LogP contribution < -0.4 is 9.47 Å². The van der Waals surface area contributed by atoms with Crippen LogP contribution in [-0.2, 0) is 4.79 Å². The fourth-order valence-corrected chi connectivity index (χ4v) is 3.42. The van der Waals surface area contributed by atoms with Crippen LogP contribution >= 0.6 is 27.7 Å². The van der Waals surface area contributed by atoms with Gasteiger partial charge in [-0.3, -0.25) is 14.5 Å². The molecule has 0 N–H and O–H groups in total. The maximum Gasteiger partial charge on any atom is 0.293 e. The summed E-state index contributed by atoms with van der Waals surface area (Å²) >= 11 is 4.42. The van der Waals surface area contributed by atoms with E-state index in [2.05, 4.69) is 15.9 Å². The first-order chi connectivity index (χ1) is 11.0. The summed E-state index contributed by atoms with van der Waals surface area (Å²) in [6, 6.07) is 3.54. The molecular weight excluding hydrogens is 382 g/mol. The molecular formula is C16H18BrNO4S. The summed E-state index contributed by atoms with van der Waals surface area (Å²) in [6.07, 6.45) is 3.44. The Balaban J connectivity index is 2.32. The number of imide groups is 1. The minimum atomic E-state index is -0.241. The average Bonchev–Trinajstić information content (AvgIpc) is 2.80. The molecule has 0 saturated carbocycles. The molecule has 0 atom stereocenters. The molecule has 23 heavy (non-hydrogen) atoms. The summed E-state index contributed by atoms with van der Waals surface area (Å²) in [5.74, 6) is 0.912. The van der Waals surface area contributed by atoms with E-state index in [0.29, 0.717) is 22.9 Å². The Labute approximate surface area is 148 Å². The predicted molar refractivity (Wildman–Crippen MR) is 94.8 cm³/mol. The number of nitrogens with zero attached hydrogens (tertiary/aromatic N) is 1. The van der Waals surface area contributed by atoms with E-state index in [1.165, 1.54) is 4.90 Å². The first-order valence-corrected chi connectivity index (χ1v) is 8.79. The van der Waals surface area contributed by atoms with E-state index in [-0.39, 0.29) is 11.1 Å². The molecule has 0 spiro atoms. The number of rotatable bonds is 6. The van der Waals surface area contributed by atoms with Crippen molar-refractivity contribution in [3.05, 3.63) is 27.1 Å². The van der Waals surface area contributed by atoms with Crippen LogP contribution in [0, 0.1) is 0 Å². The Morgan fingerprint density at radius 3 is 2.48 bits per heavy atom. The van der Waals surface area contributed by atoms with Crippen LogP contribution in [0.15, 0.2) is 21.5 Å². The van der Waals surface area contributed by atoms with Crippen molar-refractivity contribution in [1.82, 2.24) is 4.90 Å². The second-order valence-corrected chi connectivity index (χ2v) is 6.76. The number of unbranched alkanes of at least 4 members (excludes halogenated alkanes) is 1. The lowest BCUT2D eigenvalue weighted by Gasteiger charge is -2.11. The molecule has 2 rings (SSSR count). The van der Waals surface area contributed by atoms with Gasteiger partial charge < -0.3 is 9.47 Å². The summed E-state index contributed by atoms with van der Waals surface area (Å²) in [4.78, 5) is 26.0. The topological polar surface area (TPSA) is 55.8 Å². The molecule has 1 saturated heterocycles. The van der Waals surface area contributed by atoms with Crippen molar-refractivity contribution < 1.29 is 19.1 Å². The number of carbonyl (C=O) groups excluding carboxylic acids is 2. The number of amides is 2. The molecule has 1 aromatic rings. The number of halogens is 1. The van der Waals surface area contributed by atoms with Gasteiger partial charge in [0.15, 0.2) is 11.5 Å². The van der Waals surface area contributed by atoms with E-state index in [1.54, 1.807) is 32.4 Å². The van der Waals surface area contributed by atoms with Crippen LogP contribution in [0.5, 0.6) is 11.5 Å². The Bertz CT molecular complexity index is 660. The van der Waals surface area contributed by atoms with E-state index in [0.717, 1.165) is 34.6 Å². The van der Waals surface area contributed by atoms with E-state index in [9.17, 15) is 9.59 Å². The zero-order chi connectivity index (χ0) is 17.0. The fraction of sp³-hybridized carbons (Fsp3) is 0.375. The van der Waals surface area contributed by atoms with Crippen molar-refractivity contribution in [2.75, 3.05) is 20.8 Å². The number of hydrogen-bond acceptors (Lipinski definition) is 5. The normalized spacial score (nSPS) is 16.3. The summed E-state index contributed by atoms with van der Waals surface area (Å²) < 4.78 is 11.3. The van der Waals surface area contributed by atoms with Gasteiger partial charge in [-0.25, -0.2) is 0 Å². The first-order valence-electron chi connectivity index (χ1n) is 7.18. The molecule has 0 bridgehead atoms. The van der Waals surface area contributed by atoms with Crippen molar-refractivity contribution in [2.24, 2.45) is 0 Å². The smallest absolute Gasteiger partial charge is 0.293 e. The zero-order valence-corrected chi connectivity index (χ0v) is 15.6. The van der Waals surface area contributed by atoms with Crippen molar-refractivity contribution in [2.45, 2.75) is 19.8 Å². The summed E-state index contributed by atoms with van der Waals surface area (Å²) in [7, 11) is 3.11. The third-order valence-corrected chi connectivity index (χ3v) is 4.99. The minimum Gasteiger partial charge on any atom is -0.493 e. The standard InChI is InChI=1S/C16H18BrNO4S/c1-4-5-6-18-15(19)14(23-16(18)20)8-10-7-12(21-2)13(22-3)9-11(10)17/h7-9H,4-6H2,1-3H3/b14-8-. The average molecular weight is 400 g/mol. The minimum absolute atomic E-state index is 0.216. The van der Waals surface area contributed by atoms with E-state index in [4.69, 9.17) is 9.47 Å². The third kappa shape index (κ3) is 3.90. The van der Waals surface area contributed by atoms with E-state index in [1.807, 2.05) is 6.92 Å². The molecule has 5 nitrogen and oxygen atoms in total. The lowest BCUT2D eigenvalue weighted by molar-refractivity contribution is -0.122. The molecule has 1 aliphatic heterocycles. The van der Waals surface area contributed by atoms with Crippen LogP contribution in [0.1, 0.15) is 25.3 Å². The lowest BCUT2D eigenvalue weighted by Crippen LogP contribution is -2.29. The van der Waals surface area contributed by atoms with Crippen LogP contribution in [-0.4, -0.2) is 36.8 Å². The maximum absolute atomic E-state index is 12.4. The van der Waals surface area contributed by atoms with Gasteiger partial charge in [-0.05, 0) is 42.0 Å². The molecule has 1 aliphatic rings. The molecule has 1 aromatic carbocycles. The largest absolute Gasteiger partial charge is 0.493 e. The van der Waals surface area contributed by atoms with Gasteiger partial charge in [-0.1, -0.05) is 29.3 Å². The van der Waals surface area contributed by atoms with E-state index >= 15 is 0 Å². The van der Waals surface area contributed by atoms with Crippen LogP contribution in [0.4, 0.5) is 4.79 Å². The molecule has 1 heterocycles. The lowest BCUT2D eigenvalue weighted by atomic mass is 10.2. The Morgan fingerprint density at radius 1 is 1.22 bits per heavy atom. The maximum atomic E-state index is 12.4. The molecule has 124 valence electrons. The summed E-state index contributed by atoms with van der Waals surface area (Å²) in [6.45, 7) is 2.49. The Morgan fingerprint density at radius 2 is 1.87 bits per heavy atom. The number of benzene rings is 1. The Kier molecular flexibility index (Phi) is 6.12. The SMILES string of the molecule is CCCCN1C(=O)S/C(=C\c2cc(OC)c(OC)cc2Br)C1=O. The molecule has 7 heteroatoms. The van der Waals surface area contributed by atoms with Crippen molar-refractivity contribution in [3.63, 3.8) is 0 Å². The highest BCUT2D eigenvalue weighted by Crippen LogP contribution is 2.37. The van der Waals surface area contributed by atoms with Crippen LogP contribution in [0.3, 0.4) is 0 Å². The summed E-state index contributed by atoms with van der Waals surface area (Å²) in [5, 5.41) is -0.216. The number of methoxy groups -OCH3 is 2. The number of hydrogen-bond donors (Lipinski definition) is 0. The first kappa shape index (κ1) is 17.9. The molecule has 1 fully saturated rings. The van der Waals surface area contributed by atoms with Gasteiger partial charge in [-0.2, -0.15) is 0 Å². The van der Waals surface area contributed by atoms with Crippen molar-refractivity contribution >= 4 is 44.9 Å². The molecule has 0 radical (unpaired) electrons.